The summed E-state index contributed by atoms with van der Waals surface area (Å²) < 4.78 is 0. The van der Waals surface area contributed by atoms with E-state index in [-0.39, 0.29) is 5.91 Å². The second-order valence-electron chi connectivity index (χ2n) is 4.77. The number of nitrogens with zero attached hydrogens (tertiary/aromatic N) is 1. The lowest BCUT2D eigenvalue weighted by atomic mass is 9.92. The van der Waals surface area contributed by atoms with Crippen LogP contribution in [0.5, 0.6) is 0 Å². The molecule has 0 radical (unpaired) electrons. The van der Waals surface area contributed by atoms with Gasteiger partial charge in [-0.05, 0) is 31.4 Å². The van der Waals surface area contributed by atoms with Crippen LogP contribution in [0.2, 0.25) is 5.02 Å². The van der Waals surface area contributed by atoms with Gasteiger partial charge in [-0.25, -0.2) is 0 Å². The monoisotopic (exact) mass is 282 g/mol. The van der Waals surface area contributed by atoms with Crippen molar-refractivity contribution >= 4 is 17.5 Å². The third kappa shape index (κ3) is 3.71. The largest absolute Gasteiger partial charge is 0.337 e. The first-order valence-electron chi connectivity index (χ1n) is 6.80. The molecule has 0 aromatic heterocycles. The number of nitrogens with two attached hydrogens (primary N) is 1. The van der Waals surface area contributed by atoms with E-state index in [2.05, 4.69) is 0 Å². The molecule has 0 saturated carbocycles. The summed E-state index contributed by atoms with van der Waals surface area (Å²) in [6, 6.07) is 7.59. The smallest absolute Gasteiger partial charge is 0.242 e. The van der Waals surface area contributed by atoms with Crippen LogP contribution in [-0.2, 0) is 11.3 Å². The van der Waals surface area contributed by atoms with E-state index in [0.717, 1.165) is 5.56 Å². The maximum atomic E-state index is 12.5. The molecule has 0 aliphatic rings. The molecular formula is C15H23ClN2O. The van der Waals surface area contributed by atoms with Gasteiger partial charge in [-0.15, -0.1) is 0 Å². The van der Waals surface area contributed by atoms with Gasteiger partial charge in [0.05, 0.1) is 5.54 Å². The van der Waals surface area contributed by atoms with Gasteiger partial charge in [0.1, 0.15) is 0 Å². The summed E-state index contributed by atoms with van der Waals surface area (Å²) in [5.74, 6) is -0.0000743. The van der Waals surface area contributed by atoms with Crippen LogP contribution < -0.4 is 5.73 Å². The van der Waals surface area contributed by atoms with Crippen LogP contribution in [0.15, 0.2) is 24.3 Å². The van der Waals surface area contributed by atoms with Crippen LogP contribution in [0.3, 0.4) is 0 Å². The van der Waals surface area contributed by atoms with Gasteiger partial charge in [0.2, 0.25) is 5.91 Å². The quantitative estimate of drug-likeness (QED) is 0.871. The number of carbonyl (C=O) groups excluding carboxylic acids is 1. The molecule has 0 saturated heterocycles. The SMILES string of the molecule is CCN(Cc1ccccc1Cl)C(=O)C(N)(CC)CC. The molecule has 0 unspecified atom stereocenters. The zero-order chi connectivity index (χ0) is 14.5. The molecule has 1 aromatic rings. The third-order valence-corrected chi connectivity index (χ3v) is 4.04. The van der Waals surface area contributed by atoms with Crippen LogP contribution in [0.1, 0.15) is 39.2 Å². The van der Waals surface area contributed by atoms with Gasteiger partial charge in [-0.1, -0.05) is 43.6 Å². The number of rotatable bonds is 6. The molecule has 0 aliphatic heterocycles. The summed E-state index contributed by atoms with van der Waals surface area (Å²) in [4.78, 5) is 14.3. The minimum Gasteiger partial charge on any atom is -0.337 e. The van der Waals surface area contributed by atoms with Gasteiger partial charge in [-0.3, -0.25) is 4.79 Å². The lowest BCUT2D eigenvalue weighted by Crippen LogP contribution is -2.54. The first-order valence-corrected chi connectivity index (χ1v) is 7.18. The first kappa shape index (κ1) is 16.0. The average molecular weight is 283 g/mol. The van der Waals surface area contributed by atoms with E-state index >= 15 is 0 Å². The summed E-state index contributed by atoms with van der Waals surface area (Å²) in [6.45, 7) is 6.99. The van der Waals surface area contributed by atoms with E-state index in [0.29, 0.717) is 31.0 Å². The molecule has 0 heterocycles. The van der Waals surface area contributed by atoms with Crippen LogP contribution in [-0.4, -0.2) is 22.9 Å². The van der Waals surface area contributed by atoms with Crippen LogP contribution in [0.4, 0.5) is 0 Å². The molecule has 3 nitrogen and oxygen atoms in total. The Hall–Kier alpha value is -1.06. The highest BCUT2D eigenvalue weighted by Gasteiger charge is 2.33. The standard InChI is InChI=1S/C15H23ClN2O/c1-4-15(17,5-2)14(19)18(6-3)11-12-9-7-8-10-13(12)16/h7-10H,4-6,11,17H2,1-3H3. The maximum absolute atomic E-state index is 12.5. The molecule has 1 aromatic carbocycles. The van der Waals surface area contributed by atoms with E-state index in [1.807, 2.05) is 45.0 Å². The Bertz CT molecular complexity index is 430. The summed E-state index contributed by atoms with van der Waals surface area (Å²) in [5.41, 5.74) is 6.37. The lowest BCUT2D eigenvalue weighted by Gasteiger charge is -2.32. The summed E-state index contributed by atoms with van der Waals surface area (Å²) >= 11 is 6.14. The predicted octanol–water partition coefficient (Wildman–Crippen LogP) is 3.21. The number of hydrogen-bond donors (Lipinski definition) is 1. The fourth-order valence-corrected chi connectivity index (χ4v) is 2.22. The van der Waals surface area contributed by atoms with Gasteiger partial charge in [0, 0.05) is 18.1 Å². The molecule has 106 valence electrons. The Balaban J connectivity index is 2.90. The molecule has 0 fully saturated rings. The number of halogens is 1. The molecular weight excluding hydrogens is 260 g/mol. The molecule has 19 heavy (non-hydrogen) atoms. The number of benzene rings is 1. The van der Waals surface area contributed by atoms with E-state index in [4.69, 9.17) is 17.3 Å². The zero-order valence-corrected chi connectivity index (χ0v) is 12.7. The van der Waals surface area contributed by atoms with Crippen LogP contribution >= 0.6 is 11.6 Å². The van der Waals surface area contributed by atoms with Gasteiger partial charge in [0.25, 0.3) is 0 Å². The highest BCUT2D eigenvalue weighted by atomic mass is 35.5. The van der Waals surface area contributed by atoms with E-state index in [9.17, 15) is 4.79 Å². The number of carbonyl (C=O) groups is 1. The minimum absolute atomic E-state index is 0.0000743. The van der Waals surface area contributed by atoms with Crippen molar-refractivity contribution in [2.24, 2.45) is 5.73 Å². The Morgan fingerprint density at radius 2 is 1.84 bits per heavy atom. The highest BCUT2D eigenvalue weighted by Crippen LogP contribution is 2.20. The summed E-state index contributed by atoms with van der Waals surface area (Å²) in [5, 5.41) is 0.685. The Morgan fingerprint density at radius 1 is 1.26 bits per heavy atom. The molecule has 0 spiro atoms. The fourth-order valence-electron chi connectivity index (χ4n) is 2.03. The minimum atomic E-state index is -0.767. The predicted molar refractivity (Wildman–Crippen MR) is 80.0 cm³/mol. The van der Waals surface area contributed by atoms with Crippen molar-refractivity contribution in [2.75, 3.05) is 6.54 Å². The molecule has 1 rings (SSSR count). The van der Waals surface area contributed by atoms with E-state index in [1.54, 1.807) is 4.90 Å². The number of likely N-dealkylation sites (N-methyl/N-ethyl adjacent to an activating group) is 1. The van der Waals surface area contributed by atoms with Crippen molar-refractivity contribution in [3.8, 4) is 0 Å². The van der Waals surface area contributed by atoms with E-state index in [1.165, 1.54) is 0 Å². The molecule has 1 amide bonds. The van der Waals surface area contributed by atoms with Gasteiger partial charge >= 0.3 is 0 Å². The van der Waals surface area contributed by atoms with Crippen LogP contribution in [0.25, 0.3) is 0 Å². The Kier molecular flexibility index (Phi) is 5.83. The van der Waals surface area contributed by atoms with Gasteiger partial charge < -0.3 is 10.6 Å². The molecule has 2 N–H and O–H groups in total. The number of hydrogen-bond acceptors (Lipinski definition) is 2. The Labute approximate surface area is 120 Å². The van der Waals surface area contributed by atoms with Crippen molar-refractivity contribution < 1.29 is 4.79 Å². The second-order valence-corrected chi connectivity index (χ2v) is 5.18. The maximum Gasteiger partial charge on any atom is 0.242 e. The average Bonchev–Trinajstić information content (AvgIpc) is 2.45. The normalized spacial score (nSPS) is 11.4. The molecule has 4 heteroatoms. The van der Waals surface area contributed by atoms with Crippen molar-refractivity contribution in [3.05, 3.63) is 34.9 Å². The summed E-state index contributed by atoms with van der Waals surface area (Å²) in [7, 11) is 0. The van der Waals surface area contributed by atoms with Crippen LogP contribution in [0, 0.1) is 0 Å². The van der Waals surface area contributed by atoms with E-state index < -0.39 is 5.54 Å². The van der Waals surface area contributed by atoms with Crippen molar-refractivity contribution in [3.63, 3.8) is 0 Å². The zero-order valence-electron chi connectivity index (χ0n) is 11.9. The first-order chi connectivity index (χ1) is 8.98. The van der Waals surface area contributed by atoms with Crippen molar-refractivity contribution in [1.29, 1.82) is 0 Å². The van der Waals surface area contributed by atoms with Crippen molar-refractivity contribution in [2.45, 2.75) is 45.7 Å². The van der Waals surface area contributed by atoms with Crippen molar-refractivity contribution in [1.82, 2.24) is 4.90 Å². The topological polar surface area (TPSA) is 46.3 Å². The molecule has 0 bridgehead atoms. The highest BCUT2D eigenvalue weighted by molar-refractivity contribution is 6.31. The fraction of sp³-hybridized carbons (Fsp3) is 0.533. The second kappa shape index (κ2) is 6.92. The number of amides is 1. The third-order valence-electron chi connectivity index (χ3n) is 3.68. The molecule has 0 aliphatic carbocycles. The Morgan fingerprint density at radius 3 is 2.32 bits per heavy atom. The lowest BCUT2D eigenvalue weighted by molar-refractivity contribution is -0.137. The van der Waals surface area contributed by atoms with Gasteiger partial charge in [0.15, 0.2) is 0 Å². The van der Waals surface area contributed by atoms with Gasteiger partial charge in [-0.2, -0.15) is 0 Å². The molecule has 0 atom stereocenters. The summed E-state index contributed by atoms with van der Waals surface area (Å²) in [6.07, 6.45) is 1.28.